The molecule has 1 N–H and O–H groups in total. The molecule has 0 radical (unpaired) electrons. The third-order valence-corrected chi connectivity index (χ3v) is 4.01. The Morgan fingerprint density at radius 2 is 1.86 bits per heavy atom. The Labute approximate surface area is 124 Å². The topological polar surface area (TPSA) is 44.3 Å². The highest BCUT2D eigenvalue weighted by molar-refractivity contribution is 7.90. The van der Waals surface area contributed by atoms with E-state index in [0.717, 1.165) is 18.2 Å². The summed E-state index contributed by atoms with van der Waals surface area (Å²) in [5.41, 5.74) is 0.0650. The number of halogens is 4. The number of benzene rings is 1. The van der Waals surface area contributed by atoms with E-state index in [1.807, 2.05) is 0 Å². The molecule has 0 unspecified atom stereocenters. The first-order valence-electron chi connectivity index (χ1n) is 6.18. The van der Waals surface area contributed by atoms with Gasteiger partial charge in [-0.2, -0.15) is 0 Å². The van der Waals surface area contributed by atoms with Crippen LogP contribution in [0.15, 0.2) is 18.2 Å². The Balaban J connectivity index is 2.64. The molecule has 0 aliphatic carbocycles. The molecule has 120 valence electrons. The molecule has 1 rings (SSSR count). The smallest absolute Gasteiger partial charge is 0.573 e. The third-order valence-electron chi connectivity index (χ3n) is 2.43. The van der Waals surface area contributed by atoms with E-state index in [9.17, 15) is 22.1 Å². The van der Waals surface area contributed by atoms with Gasteiger partial charge in [-0.25, -0.2) is 4.39 Å². The average Bonchev–Trinajstić information content (AvgIpc) is 2.30. The summed E-state index contributed by atoms with van der Waals surface area (Å²) in [7, 11) is 0. The van der Waals surface area contributed by atoms with Gasteiger partial charge in [-0.3, -0.25) is 0 Å². The Morgan fingerprint density at radius 3 is 2.38 bits per heavy atom. The number of alkyl halides is 3. The van der Waals surface area contributed by atoms with Crippen molar-refractivity contribution in [2.24, 2.45) is 0 Å². The zero-order valence-electron chi connectivity index (χ0n) is 11.9. The number of hydrogen-bond donors (Lipinski definition) is 1. The average molecular weight is 327 g/mol. The van der Waals surface area contributed by atoms with E-state index < -0.39 is 34.0 Å². The minimum absolute atomic E-state index is 0.0650. The van der Waals surface area contributed by atoms with Crippen LogP contribution < -0.4 is 9.46 Å². The fourth-order valence-electron chi connectivity index (χ4n) is 1.43. The predicted octanol–water partition coefficient (Wildman–Crippen LogP) is 3.32. The first-order valence-corrected chi connectivity index (χ1v) is 7.33. The summed E-state index contributed by atoms with van der Waals surface area (Å²) in [4.78, 5) is 0. The molecule has 0 saturated carbocycles. The standard InChI is InChI=1S/C13H17F4NO2S/c1-12(2,3)21(19)18-7-6-9-8-10(4-5-11(9)14)20-13(15,16)17/h4-5,8,18H,6-7H2,1-3H3/t21-/m0/s1. The van der Waals surface area contributed by atoms with Gasteiger partial charge in [0.15, 0.2) is 0 Å². The van der Waals surface area contributed by atoms with E-state index in [4.69, 9.17) is 0 Å². The van der Waals surface area contributed by atoms with Crippen molar-refractivity contribution < 1.29 is 26.9 Å². The van der Waals surface area contributed by atoms with Gasteiger partial charge in [-0.15, -0.1) is 17.9 Å². The molecule has 0 spiro atoms. The highest BCUT2D eigenvalue weighted by Crippen LogP contribution is 2.25. The van der Waals surface area contributed by atoms with E-state index in [-0.39, 0.29) is 18.5 Å². The molecule has 0 fully saturated rings. The van der Waals surface area contributed by atoms with E-state index >= 15 is 0 Å². The van der Waals surface area contributed by atoms with E-state index in [1.165, 1.54) is 0 Å². The molecule has 1 atom stereocenters. The van der Waals surface area contributed by atoms with Gasteiger partial charge in [0.05, 0.1) is 0 Å². The number of rotatable bonds is 5. The van der Waals surface area contributed by atoms with Gasteiger partial charge in [0.25, 0.3) is 0 Å². The van der Waals surface area contributed by atoms with Crippen molar-refractivity contribution in [1.29, 1.82) is 0 Å². The lowest BCUT2D eigenvalue weighted by Crippen LogP contribution is -2.40. The Bertz CT molecular complexity index is 474. The quantitative estimate of drug-likeness (QED) is 0.666. The molecular formula is C13H17F4NO2S. The van der Waals surface area contributed by atoms with Crippen molar-refractivity contribution >= 4 is 11.4 Å². The Hall–Kier alpha value is -0.990. The van der Waals surface area contributed by atoms with E-state index in [0.29, 0.717) is 0 Å². The highest BCUT2D eigenvalue weighted by atomic mass is 32.2. The lowest BCUT2D eigenvalue weighted by molar-refractivity contribution is -0.274. The normalized spacial score (nSPS) is 14.1. The Kier molecular flexibility index (Phi) is 5.89. The summed E-state index contributed by atoms with van der Waals surface area (Å²) in [6.07, 6.45) is -4.72. The van der Waals surface area contributed by atoms with Crippen LogP contribution >= 0.6 is 0 Å². The largest absolute Gasteiger partial charge is 0.598 e. The van der Waals surface area contributed by atoms with Gasteiger partial charge in [0.1, 0.15) is 16.3 Å². The monoisotopic (exact) mass is 327 g/mol. The molecule has 0 heterocycles. The van der Waals surface area contributed by atoms with Gasteiger partial charge in [-0.1, -0.05) is 0 Å². The molecule has 3 nitrogen and oxygen atoms in total. The van der Waals surface area contributed by atoms with Crippen molar-refractivity contribution in [2.45, 2.75) is 38.3 Å². The Morgan fingerprint density at radius 1 is 1.24 bits per heavy atom. The summed E-state index contributed by atoms with van der Waals surface area (Å²) in [5.74, 6) is -1.11. The second-order valence-electron chi connectivity index (χ2n) is 5.33. The predicted molar refractivity (Wildman–Crippen MR) is 72.7 cm³/mol. The van der Waals surface area contributed by atoms with E-state index in [2.05, 4.69) is 9.46 Å². The first kappa shape index (κ1) is 18.1. The van der Waals surface area contributed by atoms with Crippen LogP contribution in [0.1, 0.15) is 26.3 Å². The van der Waals surface area contributed by atoms with Crippen LogP contribution in [-0.4, -0.2) is 22.2 Å². The second-order valence-corrected chi connectivity index (χ2v) is 7.38. The molecule has 0 amide bonds. The van der Waals surface area contributed by atoms with Gasteiger partial charge in [0, 0.05) is 17.9 Å². The maximum absolute atomic E-state index is 13.5. The number of nitrogens with one attached hydrogen (secondary N) is 1. The van der Waals surface area contributed by atoms with Gasteiger partial charge >= 0.3 is 6.36 Å². The number of hydrogen-bond acceptors (Lipinski definition) is 3. The third kappa shape index (κ3) is 6.54. The molecule has 0 aliphatic heterocycles. The van der Waals surface area contributed by atoms with Crippen LogP contribution in [-0.2, 0) is 17.8 Å². The van der Waals surface area contributed by atoms with Gasteiger partial charge in [-0.05, 0) is 51.0 Å². The van der Waals surface area contributed by atoms with Crippen LogP contribution in [0.25, 0.3) is 0 Å². The molecular weight excluding hydrogens is 310 g/mol. The molecule has 0 aliphatic rings. The molecule has 21 heavy (non-hydrogen) atoms. The first-order chi connectivity index (χ1) is 9.49. The van der Waals surface area contributed by atoms with Crippen LogP contribution in [0, 0.1) is 5.82 Å². The minimum Gasteiger partial charge on any atom is -0.598 e. The minimum atomic E-state index is -4.82. The zero-order valence-corrected chi connectivity index (χ0v) is 12.7. The van der Waals surface area contributed by atoms with Crippen LogP contribution in [0.5, 0.6) is 5.75 Å². The second kappa shape index (κ2) is 6.85. The van der Waals surface area contributed by atoms with Crippen LogP contribution in [0.4, 0.5) is 17.6 Å². The number of ether oxygens (including phenoxy) is 1. The van der Waals surface area contributed by atoms with Crippen molar-refractivity contribution in [3.63, 3.8) is 0 Å². The van der Waals surface area contributed by atoms with Crippen molar-refractivity contribution in [3.05, 3.63) is 29.6 Å². The van der Waals surface area contributed by atoms with Crippen molar-refractivity contribution in [1.82, 2.24) is 4.72 Å². The maximum atomic E-state index is 13.5. The molecule has 1 aromatic rings. The summed E-state index contributed by atoms with van der Waals surface area (Å²) < 4.78 is 67.5. The SMILES string of the molecule is CC(C)(C)[S@+]([O-])NCCc1cc(OC(F)(F)F)ccc1F. The van der Waals surface area contributed by atoms with Crippen molar-refractivity contribution in [2.75, 3.05) is 6.54 Å². The lowest BCUT2D eigenvalue weighted by atomic mass is 10.1. The molecule has 0 bridgehead atoms. The molecule has 0 saturated heterocycles. The summed E-state index contributed by atoms with van der Waals surface area (Å²) >= 11 is -1.32. The molecule has 1 aromatic carbocycles. The summed E-state index contributed by atoms with van der Waals surface area (Å²) in [6, 6.07) is 2.81. The summed E-state index contributed by atoms with van der Waals surface area (Å²) in [6.45, 7) is 5.49. The molecule has 0 aromatic heterocycles. The van der Waals surface area contributed by atoms with Crippen molar-refractivity contribution in [3.8, 4) is 5.75 Å². The van der Waals surface area contributed by atoms with Crippen LogP contribution in [0.2, 0.25) is 0 Å². The zero-order chi connectivity index (χ0) is 16.3. The lowest BCUT2D eigenvalue weighted by Gasteiger charge is -2.23. The fraction of sp³-hybridized carbons (Fsp3) is 0.538. The molecule has 8 heteroatoms. The van der Waals surface area contributed by atoms with E-state index in [1.54, 1.807) is 20.8 Å². The summed E-state index contributed by atoms with van der Waals surface area (Å²) in [5, 5.41) is 0. The maximum Gasteiger partial charge on any atom is 0.573 e. The fourth-order valence-corrected chi connectivity index (χ4v) is 2.16. The highest BCUT2D eigenvalue weighted by Gasteiger charge is 2.31. The van der Waals surface area contributed by atoms with Crippen LogP contribution in [0.3, 0.4) is 0 Å². The van der Waals surface area contributed by atoms with Gasteiger partial charge in [0.2, 0.25) is 0 Å². The van der Waals surface area contributed by atoms with Gasteiger partial charge < -0.3 is 9.29 Å².